The minimum Gasteiger partial charge on any atom is -0.278 e. The molecule has 0 aromatic rings. The van der Waals surface area contributed by atoms with E-state index in [2.05, 4.69) is 28.2 Å². The maximum Gasteiger partial charge on any atom is 0.110 e. The van der Waals surface area contributed by atoms with Crippen LogP contribution in [-0.4, -0.2) is 17.5 Å². The van der Waals surface area contributed by atoms with Gasteiger partial charge in [-0.2, -0.15) is 0 Å². The van der Waals surface area contributed by atoms with Crippen LogP contribution < -0.4 is 0 Å². The van der Waals surface area contributed by atoms with E-state index in [0.717, 1.165) is 17.8 Å². The third-order valence-electron chi connectivity index (χ3n) is 2.80. The fourth-order valence-corrected chi connectivity index (χ4v) is 2.00. The highest BCUT2D eigenvalue weighted by atomic mass is 15.0. The van der Waals surface area contributed by atoms with E-state index in [1.165, 1.54) is 0 Å². The second-order valence-electron chi connectivity index (χ2n) is 3.68. The highest BCUT2D eigenvalue weighted by Gasteiger charge is 2.57. The van der Waals surface area contributed by atoms with Crippen molar-refractivity contribution in [3.05, 3.63) is 23.9 Å². The van der Waals surface area contributed by atoms with Crippen molar-refractivity contribution in [2.45, 2.75) is 32.7 Å². The Kier molecular flexibility index (Phi) is 2.14. The molecular formula is C12H16N2. The molecule has 3 aliphatic rings. The van der Waals surface area contributed by atoms with E-state index in [1.54, 1.807) is 0 Å². The zero-order chi connectivity index (χ0) is 10.2. The standard InChI is InChI=1S/C10H10N2.C2H6/c1-7-6-11-10-5-8(10)3-2-4-9(10)12-7;1-2/h2-4,6,8H,5H2,1H3;1-2H3. The summed E-state index contributed by atoms with van der Waals surface area (Å²) in [4.78, 5) is 9.06. The molecule has 3 rings (SSSR count). The van der Waals surface area contributed by atoms with Crippen molar-refractivity contribution in [2.24, 2.45) is 15.9 Å². The number of hydrogen-bond acceptors (Lipinski definition) is 2. The molecule has 1 saturated carbocycles. The summed E-state index contributed by atoms with van der Waals surface area (Å²) >= 11 is 0. The van der Waals surface area contributed by atoms with E-state index in [9.17, 15) is 0 Å². The van der Waals surface area contributed by atoms with Crippen molar-refractivity contribution >= 4 is 11.9 Å². The first kappa shape index (κ1) is 9.38. The predicted octanol–water partition coefficient (Wildman–Crippen LogP) is 2.77. The van der Waals surface area contributed by atoms with E-state index in [1.807, 2.05) is 27.0 Å². The van der Waals surface area contributed by atoms with Crippen LogP contribution in [0, 0.1) is 5.92 Å². The van der Waals surface area contributed by atoms with Crippen LogP contribution in [0.5, 0.6) is 0 Å². The van der Waals surface area contributed by atoms with Gasteiger partial charge in [0.05, 0.1) is 11.4 Å². The molecule has 0 amide bonds. The van der Waals surface area contributed by atoms with Crippen LogP contribution in [0.25, 0.3) is 0 Å². The van der Waals surface area contributed by atoms with Gasteiger partial charge in [-0.05, 0) is 19.4 Å². The smallest absolute Gasteiger partial charge is 0.110 e. The first-order valence-electron chi connectivity index (χ1n) is 5.31. The van der Waals surface area contributed by atoms with Gasteiger partial charge in [0, 0.05) is 12.1 Å². The van der Waals surface area contributed by atoms with Crippen molar-refractivity contribution in [2.75, 3.05) is 0 Å². The van der Waals surface area contributed by atoms with Gasteiger partial charge in [0.2, 0.25) is 0 Å². The first-order chi connectivity index (χ1) is 6.81. The fourth-order valence-electron chi connectivity index (χ4n) is 2.00. The van der Waals surface area contributed by atoms with Gasteiger partial charge < -0.3 is 0 Å². The molecule has 14 heavy (non-hydrogen) atoms. The minimum absolute atomic E-state index is 0.0776. The monoisotopic (exact) mass is 188 g/mol. The zero-order valence-corrected chi connectivity index (χ0v) is 8.99. The molecular weight excluding hydrogens is 172 g/mol. The Bertz CT molecular complexity index is 361. The quantitative estimate of drug-likeness (QED) is 0.558. The Morgan fingerprint density at radius 3 is 3.00 bits per heavy atom. The predicted molar refractivity (Wildman–Crippen MR) is 61.0 cm³/mol. The molecule has 0 N–H and O–H groups in total. The second kappa shape index (κ2) is 3.19. The second-order valence-corrected chi connectivity index (χ2v) is 3.68. The maximum absolute atomic E-state index is 4.56. The molecule has 0 aromatic heterocycles. The summed E-state index contributed by atoms with van der Waals surface area (Å²) < 4.78 is 0. The van der Waals surface area contributed by atoms with Gasteiger partial charge >= 0.3 is 0 Å². The molecule has 2 nitrogen and oxygen atoms in total. The highest BCUT2D eigenvalue weighted by Crippen LogP contribution is 2.56. The number of allylic oxidation sites excluding steroid dienone is 2. The lowest BCUT2D eigenvalue weighted by atomic mass is 10.0. The van der Waals surface area contributed by atoms with Crippen LogP contribution in [0.4, 0.5) is 0 Å². The summed E-state index contributed by atoms with van der Waals surface area (Å²) in [6.07, 6.45) is 9.47. The van der Waals surface area contributed by atoms with Gasteiger partial charge in [-0.15, -0.1) is 0 Å². The molecule has 2 atom stereocenters. The molecule has 0 bridgehead atoms. The summed E-state index contributed by atoms with van der Waals surface area (Å²) in [6.45, 7) is 5.99. The van der Waals surface area contributed by atoms with E-state index in [0.29, 0.717) is 5.92 Å². The molecule has 2 heteroatoms. The summed E-state index contributed by atoms with van der Waals surface area (Å²) in [5, 5.41) is 0. The van der Waals surface area contributed by atoms with E-state index >= 15 is 0 Å². The van der Waals surface area contributed by atoms with Gasteiger partial charge in [-0.3, -0.25) is 9.98 Å². The Balaban J connectivity index is 0.000000354. The third-order valence-corrected chi connectivity index (χ3v) is 2.80. The van der Waals surface area contributed by atoms with Crippen molar-refractivity contribution in [3.63, 3.8) is 0 Å². The molecule has 0 aromatic carbocycles. The average Bonchev–Trinajstić information content (AvgIpc) is 2.94. The van der Waals surface area contributed by atoms with Crippen LogP contribution in [0.15, 0.2) is 33.9 Å². The number of nitrogens with zero attached hydrogens (tertiary/aromatic N) is 2. The summed E-state index contributed by atoms with van der Waals surface area (Å²) in [5.74, 6) is 0.630. The van der Waals surface area contributed by atoms with Gasteiger partial charge in [0.15, 0.2) is 0 Å². The third kappa shape index (κ3) is 1.17. The lowest BCUT2D eigenvalue weighted by Gasteiger charge is -2.18. The average molecular weight is 188 g/mol. The van der Waals surface area contributed by atoms with Gasteiger partial charge in [0.25, 0.3) is 0 Å². The molecule has 0 saturated heterocycles. The van der Waals surface area contributed by atoms with Crippen LogP contribution in [0.2, 0.25) is 0 Å². The van der Waals surface area contributed by atoms with Gasteiger partial charge in [-0.25, -0.2) is 0 Å². The molecule has 1 spiro atoms. The summed E-state index contributed by atoms with van der Waals surface area (Å²) in [5.41, 5.74) is 2.26. The topological polar surface area (TPSA) is 24.7 Å². The fraction of sp³-hybridized carbons (Fsp3) is 0.500. The Morgan fingerprint density at radius 1 is 1.43 bits per heavy atom. The van der Waals surface area contributed by atoms with Crippen molar-refractivity contribution in [1.29, 1.82) is 0 Å². The molecule has 0 radical (unpaired) electrons. The van der Waals surface area contributed by atoms with E-state index in [4.69, 9.17) is 0 Å². The normalized spacial score (nSPS) is 35.8. The molecule has 2 unspecified atom stereocenters. The Morgan fingerprint density at radius 2 is 2.21 bits per heavy atom. The zero-order valence-electron chi connectivity index (χ0n) is 8.99. The number of hydrogen-bond donors (Lipinski definition) is 0. The van der Waals surface area contributed by atoms with Crippen LogP contribution in [0.3, 0.4) is 0 Å². The maximum atomic E-state index is 4.56. The van der Waals surface area contributed by atoms with Gasteiger partial charge in [-0.1, -0.05) is 26.0 Å². The Hall–Kier alpha value is -1.18. The molecule has 2 aliphatic carbocycles. The SMILES string of the molecule is CC.CC1=NC2=CC=CC3CC23N=C1. The van der Waals surface area contributed by atoms with Crippen LogP contribution in [0.1, 0.15) is 27.2 Å². The summed E-state index contributed by atoms with van der Waals surface area (Å²) in [7, 11) is 0. The summed E-state index contributed by atoms with van der Waals surface area (Å²) in [6, 6.07) is 0. The number of aliphatic imine (C=N–C) groups is 2. The molecule has 74 valence electrons. The highest BCUT2D eigenvalue weighted by molar-refractivity contribution is 6.30. The van der Waals surface area contributed by atoms with Crippen LogP contribution in [-0.2, 0) is 0 Å². The Labute approximate surface area is 85.2 Å². The molecule has 1 heterocycles. The largest absolute Gasteiger partial charge is 0.278 e. The molecule has 1 fully saturated rings. The lowest BCUT2D eigenvalue weighted by Crippen LogP contribution is -2.19. The lowest BCUT2D eigenvalue weighted by molar-refractivity contribution is 0.730. The minimum atomic E-state index is 0.0776. The van der Waals surface area contributed by atoms with Crippen LogP contribution >= 0.6 is 0 Å². The van der Waals surface area contributed by atoms with E-state index in [-0.39, 0.29) is 5.54 Å². The van der Waals surface area contributed by atoms with Crippen molar-refractivity contribution < 1.29 is 0 Å². The van der Waals surface area contributed by atoms with Crippen molar-refractivity contribution in [1.82, 2.24) is 0 Å². The van der Waals surface area contributed by atoms with Crippen molar-refractivity contribution in [3.8, 4) is 0 Å². The first-order valence-corrected chi connectivity index (χ1v) is 5.31. The van der Waals surface area contributed by atoms with E-state index < -0.39 is 0 Å². The van der Waals surface area contributed by atoms with Gasteiger partial charge in [0.1, 0.15) is 5.54 Å². The molecule has 1 aliphatic heterocycles. The number of rotatable bonds is 0.